The van der Waals surface area contributed by atoms with Gasteiger partial charge in [0.2, 0.25) is 5.24 Å². The van der Waals surface area contributed by atoms with E-state index in [4.69, 9.17) is 11.6 Å². The van der Waals surface area contributed by atoms with Crippen LogP contribution < -0.4 is 5.56 Å². The third-order valence-electron chi connectivity index (χ3n) is 1.80. The van der Waals surface area contributed by atoms with Crippen LogP contribution in [0.15, 0.2) is 10.9 Å². The number of hydrogen-bond donors (Lipinski definition) is 0. The lowest BCUT2D eigenvalue weighted by atomic mass is 10.2. The highest BCUT2D eigenvalue weighted by Crippen LogP contribution is 1.99. The van der Waals surface area contributed by atoms with E-state index in [2.05, 4.69) is 5.10 Å². The molecule has 0 fully saturated rings. The van der Waals surface area contributed by atoms with Crippen LogP contribution in [0.1, 0.15) is 18.2 Å². The Hall–Kier alpha value is -1.16. The molecule has 0 saturated heterocycles. The minimum Gasteiger partial charge on any atom is -0.281 e. The largest absolute Gasteiger partial charge is 0.281 e. The van der Waals surface area contributed by atoms with Gasteiger partial charge in [-0.15, -0.1) is 0 Å². The van der Waals surface area contributed by atoms with E-state index in [1.165, 1.54) is 4.68 Å². The second kappa shape index (κ2) is 4.37. The number of rotatable bonds is 3. The maximum absolute atomic E-state index is 11.6. The highest BCUT2D eigenvalue weighted by Gasteiger charge is 2.08. The van der Waals surface area contributed by atoms with Crippen molar-refractivity contribution in [2.75, 3.05) is 0 Å². The van der Waals surface area contributed by atoms with E-state index in [0.717, 1.165) is 0 Å². The van der Waals surface area contributed by atoms with Crippen LogP contribution in [-0.4, -0.2) is 15.0 Å². The summed E-state index contributed by atoms with van der Waals surface area (Å²) in [6.45, 7) is 4.08. The first-order valence-corrected chi connectivity index (χ1v) is 4.68. The molecule has 14 heavy (non-hydrogen) atoms. The van der Waals surface area contributed by atoms with E-state index in [1.54, 1.807) is 13.0 Å². The molecule has 1 aromatic heterocycles. The molecule has 4 nitrogen and oxygen atoms in total. The highest BCUT2D eigenvalue weighted by molar-refractivity contribution is 6.63. The standard InChI is InChI=1S/C9H11ClN2O2/c1-3-12-9(14)7(5-8(10)13)4-6(2)11-12/h4H,3,5H2,1-2H3. The van der Waals surface area contributed by atoms with Gasteiger partial charge >= 0.3 is 0 Å². The van der Waals surface area contributed by atoms with Crippen LogP contribution >= 0.6 is 11.6 Å². The summed E-state index contributed by atoms with van der Waals surface area (Å²) in [6, 6.07) is 1.59. The van der Waals surface area contributed by atoms with E-state index in [0.29, 0.717) is 17.8 Å². The summed E-state index contributed by atoms with van der Waals surface area (Å²) in [4.78, 5) is 22.3. The summed E-state index contributed by atoms with van der Waals surface area (Å²) < 4.78 is 1.32. The Labute approximate surface area is 86.5 Å². The van der Waals surface area contributed by atoms with E-state index in [9.17, 15) is 9.59 Å². The topological polar surface area (TPSA) is 52.0 Å². The summed E-state index contributed by atoms with van der Waals surface area (Å²) in [5.74, 6) is 0. The molecule has 0 amide bonds. The van der Waals surface area contributed by atoms with E-state index in [1.807, 2.05) is 6.92 Å². The lowest BCUT2D eigenvalue weighted by Crippen LogP contribution is -2.27. The van der Waals surface area contributed by atoms with Crippen molar-refractivity contribution in [2.24, 2.45) is 0 Å². The van der Waals surface area contributed by atoms with Crippen molar-refractivity contribution >= 4 is 16.8 Å². The predicted molar refractivity (Wildman–Crippen MR) is 53.5 cm³/mol. The Morgan fingerprint density at radius 3 is 2.79 bits per heavy atom. The van der Waals surface area contributed by atoms with Crippen molar-refractivity contribution < 1.29 is 4.79 Å². The molecule has 0 spiro atoms. The van der Waals surface area contributed by atoms with Crippen molar-refractivity contribution in [3.05, 3.63) is 27.7 Å². The van der Waals surface area contributed by atoms with Crippen LogP contribution in [0, 0.1) is 6.92 Å². The van der Waals surface area contributed by atoms with Crippen molar-refractivity contribution in [2.45, 2.75) is 26.8 Å². The lowest BCUT2D eigenvalue weighted by molar-refractivity contribution is -0.111. The van der Waals surface area contributed by atoms with Gasteiger partial charge in [0.05, 0.1) is 12.1 Å². The molecular formula is C9H11ClN2O2. The first-order chi connectivity index (χ1) is 6.54. The third-order valence-corrected chi connectivity index (χ3v) is 1.93. The Bertz CT molecular complexity index is 412. The van der Waals surface area contributed by atoms with Gasteiger partial charge in [0, 0.05) is 12.1 Å². The van der Waals surface area contributed by atoms with E-state index >= 15 is 0 Å². The normalized spacial score (nSPS) is 10.2. The predicted octanol–water partition coefficient (Wildman–Crippen LogP) is 0.880. The molecule has 1 heterocycles. The number of nitrogens with zero attached hydrogens (tertiary/aromatic N) is 2. The third kappa shape index (κ3) is 2.42. The van der Waals surface area contributed by atoms with Crippen molar-refractivity contribution in [3.8, 4) is 0 Å². The Balaban J connectivity index is 3.22. The van der Waals surface area contributed by atoms with Gasteiger partial charge in [0.1, 0.15) is 0 Å². The van der Waals surface area contributed by atoms with Gasteiger partial charge in [-0.3, -0.25) is 9.59 Å². The van der Waals surface area contributed by atoms with Crippen LogP contribution in [0.2, 0.25) is 0 Å². The van der Waals surface area contributed by atoms with Crippen LogP contribution in [0.4, 0.5) is 0 Å². The summed E-state index contributed by atoms with van der Waals surface area (Å²) >= 11 is 5.22. The molecule has 5 heteroatoms. The van der Waals surface area contributed by atoms with Crippen molar-refractivity contribution in [3.63, 3.8) is 0 Å². The fourth-order valence-corrected chi connectivity index (χ4v) is 1.38. The molecular weight excluding hydrogens is 204 g/mol. The Kier molecular flexibility index (Phi) is 3.41. The smallest absolute Gasteiger partial charge is 0.270 e. The van der Waals surface area contributed by atoms with Gasteiger partial charge in [0.15, 0.2) is 0 Å². The summed E-state index contributed by atoms with van der Waals surface area (Å²) in [5, 5.41) is 3.48. The average Bonchev–Trinajstić information content (AvgIpc) is 2.09. The van der Waals surface area contributed by atoms with Crippen LogP contribution in [-0.2, 0) is 17.8 Å². The van der Waals surface area contributed by atoms with Gasteiger partial charge in [-0.1, -0.05) is 0 Å². The SMILES string of the molecule is CCn1nc(C)cc(CC(=O)Cl)c1=O. The van der Waals surface area contributed by atoms with Crippen LogP contribution in [0.3, 0.4) is 0 Å². The van der Waals surface area contributed by atoms with Crippen LogP contribution in [0.5, 0.6) is 0 Å². The average molecular weight is 215 g/mol. The maximum atomic E-state index is 11.6. The van der Waals surface area contributed by atoms with Crippen molar-refractivity contribution in [1.29, 1.82) is 0 Å². The van der Waals surface area contributed by atoms with E-state index in [-0.39, 0.29) is 12.0 Å². The summed E-state index contributed by atoms with van der Waals surface area (Å²) in [7, 11) is 0. The number of hydrogen-bond acceptors (Lipinski definition) is 3. The molecule has 0 bridgehead atoms. The molecule has 0 unspecified atom stereocenters. The van der Waals surface area contributed by atoms with Crippen LogP contribution in [0.25, 0.3) is 0 Å². The highest BCUT2D eigenvalue weighted by atomic mass is 35.5. The zero-order valence-corrected chi connectivity index (χ0v) is 8.84. The first kappa shape index (κ1) is 10.9. The van der Waals surface area contributed by atoms with Gasteiger partial charge < -0.3 is 0 Å². The Morgan fingerprint density at radius 1 is 1.64 bits per heavy atom. The Morgan fingerprint density at radius 2 is 2.29 bits per heavy atom. The number of carbonyl (C=O) groups is 1. The second-order valence-corrected chi connectivity index (χ2v) is 3.39. The monoisotopic (exact) mass is 214 g/mol. The number of halogens is 1. The van der Waals surface area contributed by atoms with Gasteiger partial charge in [0.25, 0.3) is 5.56 Å². The molecule has 0 N–H and O–H groups in total. The quantitative estimate of drug-likeness (QED) is 0.702. The molecule has 0 aliphatic carbocycles. The molecule has 76 valence electrons. The molecule has 0 radical (unpaired) electrons. The fraction of sp³-hybridized carbons (Fsp3) is 0.444. The maximum Gasteiger partial charge on any atom is 0.270 e. The lowest BCUT2D eigenvalue weighted by Gasteiger charge is -2.04. The molecule has 1 aromatic rings. The number of aryl methyl sites for hydroxylation is 2. The summed E-state index contributed by atoms with van der Waals surface area (Å²) in [6.07, 6.45) is -0.0379. The second-order valence-electron chi connectivity index (χ2n) is 2.96. The molecule has 0 aliphatic heterocycles. The molecule has 0 atom stereocenters. The molecule has 0 aliphatic rings. The molecule has 1 rings (SSSR count). The fourth-order valence-electron chi connectivity index (χ4n) is 1.24. The van der Waals surface area contributed by atoms with Crippen molar-refractivity contribution in [1.82, 2.24) is 9.78 Å². The number of carbonyl (C=O) groups excluding carboxylic acids is 1. The summed E-state index contributed by atoms with van der Waals surface area (Å²) in [5.41, 5.74) is 0.866. The van der Waals surface area contributed by atoms with Gasteiger partial charge in [-0.2, -0.15) is 5.10 Å². The minimum absolute atomic E-state index is 0.0379. The zero-order valence-electron chi connectivity index (χ0n) is 8.08. The first-order valence-electron chi connectivity index (χ1n) is 4.30. The zero-order chi connectivity index (χ0) is 10.7. The molecule has 0 aromatic carbocycles. The van der Waals surface area contributed by atoms with Gasteiger partial charge in [-0.05, 0) is 31.5 Å². The number of aromatic nitrogens is 2. The molecule has 0 saturated carbocycles. The van der Waals surface area contributed by atoms with E-state index < -0.39 is 5.24 Å². The van der Waals surface area contributed by atoms with Gasteiger partial charge in [-0.25, -0.2) is 4.68 Å². The minimum atomic E-state index is -0.532.